The normalized spacial score (nSPS) is 14.2. The Kier molecular flexibility index (Phi) is 4.95. The lowest BCUT2D eigenvalue weighted by Gasteiger charge is -2.23. The van der Waals surface area contributed by atoms with Crippen molar-refractivity contribution in [2.45, 2.75) is 18.9 Å². The van der Waals surface area contributed by atoms with E-state index in [1.54, 1.807) is 36.9 Å². The molecule has 2 rings (SSSR count). The minimum absolute atomic E-state index is 0.204. The Bertz CT molecular complexity index is 598. The molecule has 2 N–H and O–H groups in total. The number of aliphatic hydroxyl groups is 1. The molecule has 5 nitrogen and oxygen atoms in total. The molecule has 0 saturated carbocycles. The standard InChI is InChI=1S/C13H17N3O2S2/c1-13(18,5-6-19-2)8-14-12(17)9-3-4-10-11(7-9)16-20-15-10/h3-4,7,18H,5-6,8H2,1-2H3,(H,14,17)/t13-/m0/s1. The zero-order valence-electron chi connectivity index (χ0n) is 11.4. The lowest BCUT2D eigenvalue weighted by molar-refractivity contribution is 0.0528. The van der Waals surface area contributed by atoms with Gasteiger partial charge in [-0.15, -0.1) is 0 Å². The van der Waals surface area contributed by atoms with Crippen molar-refractivity contribution in [2.75, 3.05) is 18.6 Å². The van der Waals surface area contributed by atoms with Crippen molar-refractivity contribution in [1.82, 2.24) is 14.1 Å². The number of nitrogens with one attached hydrogen (secondary N) is 1. The number of amides is 1. The number of carbonyl (C=O) groups excluding carboxylic acids is 1. The number of carbonyl (C=O) groups is 1. The Morgan fingerprint density at radius 1 is 1.45 bits per heavy atom. The lowest BCUT2D eigenvalue weighted by Crippen LogP contribution is -2.41. The first-order valence-corrected chi connectivity index (χ1v) is 8.36. The van der Waals surface area contributed by atoms with Crippen LogP contribution in [-0.4, -0.2) is 43.9 Å². The summed E-state index contributed by atoms with van der Waals surface area (Å²) < 4.78 is 8.20. The second-order valence-corrected chi connectivity index (χ2v) is 6.40. The van der Waals surface area contributed by atoms with Gasteiger partial charge >= 0.3 is 0 Å². The molecule has 0 saturated heterocycles. The van der Waals surface area contributed by atoms with Crippen LogP contribution in [0.1, 0.15) is 23.7 Å². The average Bonchev–Trinajstić information content (AvgIpc) is 2.90. The van der Waals surface area contributed by atoms with Crippen LogP contribution in [0.2, 0.25) is 0 Å². The molecule has 1 aromatic carbocycles. The summed E-state index contributed by atoms with van der Waals surface area (Å²) in [5.41, 5.74) is 1.16. The highest BCUT2D eigenvalue weighted by molar-refractivity contribution is 7.98. The zero-order valence-corrected chi connectivity index (χ0v) is 13.1. The van der Waals surface area contributed by atoms with Crippen LogP contribution in [0.15, 0.2) is 18.2 Å². The van der Waals surface area contributed by atoms with Crippen molar-refractivity contribution in [3.8, 4) is 0 Å². The SMILES string of the molecule is CSCC[C@](C)(O)CNC(=O)c1ccc2nsnc2c1. The van der Waals surface area contributed by atoms with Gasteiger partial charge in [0.25, 0.3) is 5.91 Å². The van der Waals surface area contributed by atoms with Gasteiger partial charge in [0.2, 0.25) is 0 Å². The molecule has 0 aliphatic rings. The van der Waals surface area contributed by atoms with Crippen LogP contribution in [0.5, 0.6) is 0 Å². The number of thioether (sulfide) groups is 1. The van der Waals surface area contributed by atoms with Crippen molar-refractivity contribution in [2.24, 2.45) is 0 Å². The van der Waals surface area contributed by atoms with Gasteiger partial charge in [0.15, 0.2) is 0 Å². The fraction of sp³-hybridized carbons (Fsp3) is 0.462. The van der Waals surface area contributed by atoms with Crippen LogP contribution in [0.4, 0.5) is 0 Å². The molecule has 0 unspecified atom stereocenters. The first kappa shape index (κ1) is 15.2. The molecule has 20 heavy (non-hydrogen) atoms. The second-order valence-electron chi connectivity index (χ2n) is 4.89. The molecule has 0 spiro atoms. The van der Waals surface area contributed by atoms with Crippen molar-refractivity contribution in [1.29, 1.82) is 0 Å². The maximum absolute atomic E-state index is 12.1. The highest BCUT2D eigenvalue weighted by atomic mass is 32.2. The van der Waals surface area contributed by atoms with E-state index in [-0.39, 0.29) is 12.5 Å². The minimum Gasteiger partial charge on any atom is -0.388 e. The Hall–Kier alpha value is -1.18. The molecule has 1 heterocycles. The zero-order chi connectivity index (χ0) is 14.6. The monoisotopic (exact) mass is 311 g/mol. The van der Waals surface area contributed by atoms with E-state index in [0.717, 1.165) is 28.5 Å². The number of aromatic nitrogens is 2. The fourth-order valence-corrected chi connectivity index (χ4v) is 2.87. The Morgan fingerprint density at radius 2 is 2.20 bits per heavy atom. The van der Waals surface area contributed by atoms with Crippen molar-refractivity contribution < 1.29 is 9.90 Å². The molecule has 1 aromatic heterocycles. The molecular formula is C13H17N3O2S2. The third-order valence-corrected chi connectivity index (χ3v) is 4.16. The number of benzene rings is 1. The van der Waals surface area contributed by atoms with Crippen LogP contribution in [0.25, 0.3) is 11.0 Å². The van der Waals surface area contributed by atoms with Gasteiger partial charge in [-0.3, -0.25) is 4.79 Å². The summed E-state index contributed by atoms with van der Waals surface area (Å²) in [7, 11) is 0. The quantitative estimate of drug-likeness (QED) is 0.852. The third-order valence-electron chi connectivity index (χ3n) is 2.99. The molecule has 0 fully saturated rings. The largest absolute Gasteiger partial charge is 0.388 e. The van der Waals surface area contributed by atoms with Crippen LogP contribution in [0, 0.1) is 0 Å². The maximum Gasteiger partial charge on any atom is 0.251 e. The Labute approximate surface area is 126 Å². The number of nitrogens with zero attached hydrogens (tertiary/aromatic N) is 2. The summed E-state index contributed by atoms with van der Waals surface area (Å²) in [4.78, 5) is 12.1. The van der Waals surface area contributed by atoms with E-state index in [2.05, 4.69) is 14.1 Å². The fourth-order valence-electron chi connectivity index (χ4n) is 1.71. The van der Waals surface area contributed by atoms with Crippen LogP contribution in [-0.2, 0) is 0 Å². The number of rotatable bonds is 6. The van der Waals surface area contributed by atoms with E-state index in [1.807, 2.05) is 6.26 Å². The molecule has 7 heteroatoms. The van der Waals surface area contributed by atoms with Crippen LogP contribution < -0.4 is 5.32 Å². The van der Waals surface area contributed by atoms with Gasteiger partial charge in [-0.2, -0.15) is 20.5 Å². The lowest BCUT2D eigenvalue weighted by atomic mass is 10.0. The molecule has 0 aliphatic heterocycles. The van der Waals surface area contributed by atoms with E-state index < -0.39 is 5.60 Å². The van der Waals surface area contributed by atoms with E-state index in [1.165, 1.54) is 0 Å². The van der Waals surface area contributed by atoms with Gasteiger partial charge in [0.1, 0.15) is 11.0 Å². The summed E-state index contributed by atoms with van der Waals surface area (Å²) in [5, 5.41) is 12.9. The van der Waals surface area contributed by atoms with Crippen molar-refractivity contribution >= 4 is 40.4 Å². The van der Waals surface area contributed by atoms with Crippen LogP contribution in [0.3, 0.4) is 0 Å². The molecule has 0 bridgehead atoms. The first-order valence-electron chi connectivity index (χ1n) is 6.24. The topological polar surface area (TPSA) is 75.1 Å². The van der Waals surface area contributed by atoms with E-state index in [0.29, 0.717) is 12.0 Å². The van der Waals surface area contributed by atoms with E-state index in [4.69, 9.17) is 0 Å². The summed E-state index contributed by atoms with van der Waals surface area (Å²) in [6.07, 6.45) is 2.63. The Morgan fingerprint density at radius 3 is 2.95 bits per heavy atom. The smallest absolute Gasteiger partial charge is 0.251 e. The molecule has 1 atom stereocenters. The van der Waals surface area contributed by atoms with E-state index in [9.17, 15) is 9.90 Å². The Balaban J connectivity index is 1.97. The molecule has 2 aromatic rings. The van der Waals surface area contributed by atoms with Gasteiger partial charge in [0.05, 0.1) is 17.3 Å². The van der Waals surface area contributed by atoms with Gasteiger partial charge in [-0.25, -0.2) is 0 Å². The van der Waals surface area contributed by atoms with Gasteiger partial charge in [-0.1, -0.05) is 0 Å². The molecule has 1 amide bonds. The first-order chi connectivity index (χ1) is 9.52. The van der Waals surface area contributed by atoms with Gasteiger partial charge < -0.3 is 10.4 Å². The molecule has 0 aliphatic carbocycles. The molecule has 0 radical (unpaired) electrons. The predicted octanol–water partition coefficient (Wildman–Crippen LogP) is 1.93. The number of fused-ring (bicyclic) bond motifs is 1. The summed E-state index contributed by atoms with van der Waals surface area (Å²) in [5.74, 6) is 0.656. The van der Waals surface area contributed by atoms with Gasteiger partial charge in [-0.05, 0) is 43.6 Å². The summed E-state index contributed by atoms with van der Waals surface area (Å²) in [6, 6.07) is 5.21. The number of hydrogen-bond donors (Lipinski definition) is 2. The highest BCUT2D eigenvalue weighted by Gasteiger charge is 2.21. The third kappa shape index (κ3) is 3.91. The van der Waals surface area contributed by atoms with E-state index >= 15 is 0 Å². The number of hydrogen-bond acceptors (Lipinski definition) is 6. The van der Waals surface area contributed by atoms with Crippen LogP contribution >= 0.6 is 23.5 Å². The summed E-state index contributed by atoms with van der Waals surface area (Å²) in [6.45, 7) is 1.97. The maximum atomic E-state index is 12.1. The summed E-state index contributed by atoms with van der Waals surface area (Å²) >= 11 is 2.80. The highest BCUT2D eigenvalue weighted by Crippen LogP contribution is 2.15. The van der Waals surface area contributed by atoms with Gasteiger partial charge in [0, 0.05) is 12.1 Å². The predicted molar refractivity (Wildman–Crippen MR) is 83.4 cm³/mol. The minimum atomic E-state index is -0.884. The van der Waals surface area contributed by atoms with Crippen molar-refractivity contribution in [3.63, 3.8) is 0 Å². The van der Waals surface area contributed by atoms with Crippen molar-refractivity contribution in [3.05, 3.63) is 23.8 Å². The second kappa shape index (κ2) is 6.51. The average molecular weight is 311 g/mol. The molecule has 108 valence electrons. The molecular weight excluding hydrogens is 294 g/mol.